The number of carbonyl (C=O) groups is 1. The molecule has 0 saturated carbocycles. The zero-order valence-electron chi connectivity index (χ0n) is 25.3. The normalized spacial score (nSPS) is 21.5. The second kappa shape index (κ2) is 12.2. The maximum absolute atomic E-state index is 13.7. The zero-order valence-corrected chi connectivity index (χ0v) is 28.2. The average molecular weight is 562 g/mol. The molecule has 0 spiro atoms. The quantitative estimate of drug-likeness (QED) is 0.116. The standard InChI is InChI=1S/C26H52NO6PSi2/c1-15-30-34(29,31-16-2)32-19-17-18-20(3)23-22(21(4)33-36(13,14)26(8,9)10)24(28)27(23)35(11,12)25(5,6)7/h20-23H,15-16,19H2,1-14H3/t20-,21+,22+,23+/m0/s1. The van der Waals surface area contributed by atoms with E-state index in [4.69, 9.17) is 18.0 Å². The minimum absolute atomic E-state index is 0.00723. The average Bonchev–Trinajstić information content (AvgIpc) is 2.67. The van der Waals surface area contributed by atoms with Gasteiger partial charge in [-0.2, -0.15) is 0 Å². The van der Waals surface area contributed by atoms with Gasteiger partial charge in [0.05, 0.1) is 31.3 Å². The maximum Gasteiger partial charge on any atom is 0.475 e. The van der Waals surface area contributed by atoms with Crippen LogP contribution in [0.5, 0.6) is 0 Å². The third-order valence-corrected chi connectivity index (χ3v) is 19.7. The van der Waals surface area contributed by atoms with Gasteiger partial charge in [-0.25, -0.2) is 4.57 Å². The van der Waals surface area contributed by atoms with Crippen LogP contribution in [-0.4, -0.2) is 59.0 Å². The van der Waals surface area contributed by atoms with E-state index in [0.717, 1.165) is 0 Å². The van der Waals surface area contributed by atoms with E-state index in [9.17, 15) is 9.36 Å². The summed E-state index contributed by atoms with van der Waals surface area (Å²) in [7, 11) is -7.80. The van der Waals surface area contributed by atoms with Crippen molar-refractivity contribution in [3.8, 4) is 11.8 Å². The highest BCUT2D eigenvalue weighted by molar-refractivity contribution is 7.48. The molecule has 1 saturated heterocycles. The van der Waals surface area contributed by atoms with Crippen molar-refractivity contribution in [1.82, 2.24) is 4.57 Å². The SMILES string of the molecule is CCOP(=O)(OCC)OCC#C[C@H](C)[C@@H]1[C@@H]([C@@H](C)O[Si](C)(C)C(C)(C)C)C(=O)N1[Si](C)(C)C(C)(C)C. The van der Waals surface area contributed by atoms with Crippen molar-refractivity contribution in [3.63, 3.8) is 0 Å². The van der Waals surface area contributed by atoms with E-state index in [1.54, 1.807) is 13.8 Å². The molecule has 0 N–H and O–H groups in total. The molecule has 4 atom stereocenters. The van der Waals surface area contributed by atoms with Crippen LogP contribution in [0.2, 0.25) is 36.3 Å². The lowest BCUT2D eigenvalue weighted by Gasteiger charge is -2.61. The van der Waals surface area contributed by atoms with E-state index in [1.807, 2.05) is 6.92 Å². The Kier molecular flexibility index (Phi) is 11.3. The molecule has 0 aromatic carbocycles. The van der Waals surface area contributed by atoms with Gasteiger partial charge in [-0.05, 0) is 50.9 Å². The van der Waals surface area contributed by atoms with Crippen molar-refractivity contribution in [2.75, 3.05) is 19.8 Å². The molecule has 0 aromatic heterocycles. The third kappa shape index (κ3) is 7.56. The molecular formula is C26H52NO6PSi2. The molecule has 1 heterocycles. The Morgan fingerprint density at radius 3 is 1.86 bits per heavy atom. The number of carbonyl (C=O) groups excluding carboxylic acids is 1. The molecule has 0 aliphatic carbocycles. The van der Waals surface area contributed by atoms with Crippen LogP contribution < -0.4 is 0 Å². The Morgan fingerprint density at radius 1 is 0.944 bits per heavy atom. The molecule has 210 valence electrons. The molecule has 7 nitrogen and oxygen atoms in total. The lowest BCUT2D eigenvalue weighted by molar-refractivity contribution is -0.156. The van der Waals surface area contributed by atoms with E-state index >= 15 is 0 Å². The molecule has 1 amide bonds. The van der Waals surface area contributed by atoms with Crippen molar-refractivity contribution in [1.29, 1.82) is 0 Å². The summed E-state index contributed by atoms with van der Waals surface area (Å²) >= 11 is 0. The number of β-lactam (4-membered cyclic amide) rings is 1. The Hall–Kier alpha value is -0.466. The summed E-state index contributed by atoms with van der Waals surface area (Å²) in [5, 5.41) is 0.0633. The van der Waals surface area contributed by atoms with Crippen LogP contribution in [0, 0.1) is 23.7 Å². The highest BCUT2D eigenvalue weighted by Gasteiger charge is 2.60. The molecule has 0 radical (unpaired) electrons. The van der Waals surface area contributed by atoms with Gasteiger partial charge < -0.3 is 8.99 Å². The van der Waals surface area contributed by atoms with Gasteiger partial charge in [0.15, 0.2) is 16.6 Å². The second-order valence-electron chi connectivity index (χ2n) is 12.8. The van der Waals surface area contributed by atoms with E-state index in [0.29, 0.717) is 0 Å². The topological polar surface area (TPSA) is 74.3 Å². The minimum Gasteiger partial charge on any atom is -0.413 e. The van der Waals surface area contributed by atoms with Crippen LogP contribution in [-0.2, 0) is 27.4 Å². The van der Waals surface area contributed by atoms with Gasteiger partial charge in [0.25, 0.3) is 0 Å². The number of hydrogen-bond donors (Lipinski definition) is 0. The van der Waals surface area contributed by atoms with Crippen LogP contribution in [0.1, 0.15) is 69.2 Å². The van der Waals surface area contributed by atoms with Crippen LogP contribution in [0.4, 0.5) is 0 Å². The molecule has 1 aliphatic rings. The molecule has 0 aromatic rings. The highest BCUT2D eigenvalue weighted by atomic mass is 31.2. The van der Waals surface area contributed by atoms with Crippen molar-refractivity contribution >= 4 is 30.3 Å². The first-order valence-electron chi connectivity index (χ1n) is 13.2. The fraction of sp³-hybridized carbons (Fsp3) is 0.885. The van der Waals surface area contributed by atoms with Gasteiger partial charge in [-0.3, -0.25) is 18.4 Å². The van der Waals surface area contributed by atoms with Crippen LogP contribution in [0.15, 0.2) is 0 Å². The summed E-state index contributed by atoms with van der Waals surface area (Å²) in [5.41, 5.74) is 0. The van der Waals surface area contributed by atoms with E-state index < -0.39 is 24.4 Å². The summed E-state index contributed by atoms with van der Waals surface area (Å²) in [6.45, 7) is 30.2. The monoisotopic (exact) mass is 561 g/mol. The minimum atomic E-state index is -3.61. The maximum atomic E-state index is 13.7. The summed E-state index contributed by atoms with van der Waals surface area (Å²) in [5.74, 6) is 6.11. The highest BCUT2D eigenvalue weighted by Crippen LogP contribution is 2.50. The van der Waals surface area contributed by atoms with Gasteiger partial charge in [0.1, 0.15) is 6.61 Å². The van der Waals surface area contributed by atoms with Crippen molar-refractivity contribution in [3.05, 3.63) is 0 Å². The Morgan fingerprint density at radius 2 is 1.44 bits per heavy atom. The fourth-order valence-corrected chi connectivity index (χ4v) is 9.16. The first-order valence-corrected chi connectivity index (χ1v) is 20.5. The van der Waals surface area contributed by atoms with E-state index in [1.165, 1.54) is 0 Å². The predicted molar refractivity (Wildman–Crippen MR) is 153 cm³/mol. The number of amides is 1. The number of nitrogens with zero attached hydrogens (tertiary/aromatic N) is 1. The lowest BCUT2D eigenvalue weighted by atomic mass is 9.79. The van der Waals surface area contributed by atoms with Crippen LogP contribution >= 0.6 is 7.82 Å². The summed E-state index contributed by atoms with van der Waals surface area (Å²) in [6, 6.07) is -0.0451. The Labute approximate surface area is 223 Å². The van der Waals surface area contributed by atoms with E-state index in [2.05, 4.69) is 91.1 Å². The molecule has 1 fully saturated rings. The second-order valence-corrected chi connectivity index (χ2v) is 24.3. The van der Waals surface area contributed by atoms with Crippen molar-refractivity contribution in [2.45, 2.75) is 118 Å². The molecule has 10 heteroatoms. The van der Waals surface area contributed by atoms with Crippen molar-refractivity contribution < 1.29 is 27.4 Å². The molecule has 0 unspecified atom stereocenters. The van der Waals surface area contributed by atoms with E-state index in [-0.39, 0.29) is 59.8 Å². The molecule has 36 heavy (non-hydrogen) atoms. The van der Waals surface area contributed by atoms with Crippen LogP contribution in [0.25, 0.3) is 0 Å². The van der Waals surface area contributed by atoms with Gasteiger partial charge in [0, 0.05) is 5.92 Å². The van der Waals surface area contributed by atoms with Gasteiger partial charge >= 0.3 is 7.82 Å². The molecular weight excluding hydrogens is 509 g/mol. The third-order valence-electron chi connectivity index (χ3n) is 8.13. The molecule has 1 rings (SSSR count). The zero-order chi connectivity index (χ0) is 28.3. The van der Waals surface area contributed by atoms with Gasteiger partial charge in [0.2, 0.25) is 5.91 Å². The molecule has 1 aliphatic heterocycles. The number of phosphoric ester groups is 1. The summed E-state index contributed by atoms with van der Waals surface area (Å²) < 4.78 is 37.1. The Bertz CT molecular complexity index is 858. The van der Waals surface area contributed by atoms with Crippen molar-refractivity contribution in [2.24, 2.45) is 11.8 Å². The summed E-state index contributed by atoms with van der Waals surface area (Å²) in [4.78, 5) is 13.7. The fourth-order valence-electron chi connectivity index (χ4n) is 4.10. The van der Waals surface area contributed by atoms with Gasteiger partial charge in [-0.1, -0.05) is 66.5 Å². The predicted octanol–water partition coefficient (Wildman–Crippen LogP) is 7.07. The number of hydrogen-bond acceptors (Lipinski definition) is 6. The first kappa shape index (κ1) is 33.6. The number of rotatable bonds is 11. The summed E-state index contributed by atoms with van der Waals surface area (Å²) in [6.07, 6.45) is -0.193. The number of phosphoric acid groups is 1. The Balaban J connectivity index is 3.23. The largest absolute Gasteiger partial charge is 0.475 e. The smallest absolute Gasteiger partial charge is 0.413 e. The lowest BCUT2D eigenvalue weighted by Crippen LogP contribution is -2.76. The molecule has 0 bridgehead atoms. The van der Waals surface area contributed by atoms with Crippen LogP contribution in [0.3, 0.4) is 0 Å². The first-order chi connectivity index (χ1) is 16.2. The van der Waals surface area contributed by atoms with Gasteiger partial charge in [-0.15, -0.1) is 0 Å².